The number of carbonyl (C=O) groups excluding carboxylic acids is 1. The summed E-state index contributed by atoms with van der Waals surface area (Å²) in [5, 5.41) is 12.4. The molecule has 4 nitrogen and oxygen atoms in total. The molecule has 0 bridgehead atoms. The molecule has 1 aromatic heterocycles. The third-order valence-corrected chi connectivity index (χ3v) is 5.14. The van der Waals surface area contributed by atoms with Crippen molar-refractivity contribution in [3.63, 3.8) is 0 Å². The van der Waals surface area contributed by atoms with Crippen LogP contribution < -0.4 is 5.32 Å². The van der Waals surface area contributed by atoms with E-state index in [1.54, 1.807) is 12.1 Å². The molecule has 1 N–H and O–H groups in total. The number of nitrogens with one attached hydrogen (secondary N) is 1. The number of carbonyl (C=O) groups is 1. The minimum Gasteiger partial charge on any atom is -0.316 e. The van der Waals surface area contributed by atoms with Gasteiger partial charge < -0.3 is 5.32 Å². The molecule has 6 heteroatoms. The van der Waals surface area contributed by atoms with Gasteiger partial charge in [-0.1, -0.05) is 42.5 Å². The zero-order valence-electron chi connectivity index (χ0n) is 13.3. The smallest absolute Gasteiger partial charge is 0.235 e. The van der Waals surface area contributed by atoms with Gasteiger partial charge in [-0.2, -0.15) is 9.64 Å². The number of hydrogen-bond acceptors (Lipinski definition) is 5. The molecule has 3 aromatic rings. The summed E-state index contributed by atoms with van der Waals surface area (Å²) < 4.78 is 4.38. The van der Waals surface area contributed by atoms with Crippen LogP contribution in [0.2, 0.25) is 0 Å². The van der Waals surface area contributed by atoms with Crippen LogP contribution in [-0.4, -0.2) is 16.0 Å². The summed E-state index contributed by atoms with van der Waals surface area (Å²) in [4.78, 5) is 12.1. The van der Waals surface area contributed by atoms with Crippen molar-refractivity contribution in [3.05, 3.63) is 71.8 Å². The highest BCUT2D eigenvalue weighted by Crippen LogP contribution is 2.25. The molecule has 0 fully saturated rings. The molecule has 0 aliphatic carbocycles. The summed E-state index contributed by atoms with van der Waals surface area (Å²) in [6, 6.07) is 21.3. The number of nitrogens with zero attached hydrogens (tertiary/aromatic N) is 2. The first-order chi connectivity index (χ1) is 12.2. The number of rotatable bonds is 6. The summed E-state index contributed by atoms with van der Waals surface area (Å²) in [5.41, 5.74) is 3.65. The van der Waals surface area contributed by atoms with Crippen molar-refractivity contribution in [2.45, 2.75) is 5.75 Å². The van der Waals surface area contributed by atoms with Crippen molar-refractivity contribution in [3.8, 4) is 17.3 Å². The lowest BCUT2D eigenvalue weighted by atomic mass is 10.2. The molecule has 1 amide bonds. The molecule has 0 aliphatic heterocycles. The fourth-order valence-corrected chi connectivity index (χ4v) is 3.66. The topological polar surface area (TPSA) is 65.8 Å². The number of amides is 1. The lowest BCUT2D eigenvalue weighted by molar-refractivity contribution is -0.113. The van der Waals surface area contributed by atoms with Gasteiger partial charge in [0.05, 0.1) is 23.1 Å². The molecule has 0 unspecified atom stereocenters. The van der Waals surface area contributed by atoms with Gasteiger partial charge in [0.25, 0.3) is 0 Å². The van der Waals surface area contributed by atoms with E-state index >= 15 is 0 Å². The first-order valence-electron chi connectivity index (χ1n) is 7.63. The van der Waals surface area contributed by atoms with E-state index in [1.807, 2.05) is 48.5 Å². The number of hydrogen-bond donors (Lipinski definition) is 1. The van der Waals surface area contributed by atoms with Crippen molar-refractivity contribution >= 4 is 34.2 Å². The second-order valence-electron chi connectivity index (χ2n) is 5.29. The maximum atomic E-state index is 12.1. The van der Waals surface area contributed by atoms with E-state index < -0.39 is 0 Å². The standard InChI is InChI=1S/C19H15N3OS2/c20-11-14-6-8-15(9-7-14)12-24-13-18(23)21-19-10-17(22-25-19)16-4-2-1-3-5-16/h1-10H,12-13H2,(H,21,23). The fourth-order valence-electron chi connectivity index (χ4n) is 2.19. The molecule has 0 saturated carbocycles. The van der Waals surface area contributed by atoms with Crippen molar-refractivity contribution in [1.29, 1.82) is 5.26 Å². The summed E-state index contributed by atoms with van der Waals surface area (Å²) >= 11 is 2.82. The Balaban J connectivity index is 1.48. The quantitative estimate of drug-likeness (QED) is 0.696. The molecule has 1 heterocycles. The van der Waals surface area contributed by atoms with Gasteiger partial charge >= 0.3 is 0 Å². The first-order valence-corrected chi connectivity index (χ1v) is 9.56. The van der Waals surface area contributed by atoms with Gasteiger partial charge in [-0.15, -0.1) is 11.8 Å². The Morgan fingerprint density at radius 1 is 1.16 bits per heavy atom. The van der Waals surface area contributed by atoms with Crippen LogP contribution in [0.15, 0.2) is 60.7 Å². The second kappa shape index (κ2) is 8.47. The van der Waals surface area contributed by atoms with E-state index in [1.165, 1.54) is 23.3 Å². The Hall–Kier alpha value is -2.62. The normalized spacial score (nSPS) is 10.2. The molecule has 0 radical (unpaired) electrons. The third-order valence-electron chi connectivity index (χ3n) is 3.43. The Morgan fingerprint density at radius 3 is 2.64 bits per heavy atom. The van der Waals surface area contributed by atoms with Crippen LogP contribution >= 0.6 is 23.3 Å². The Kier molecular flexibility index (Phi) is 5.83. The number of benzene rings is 2. The molecule has 0 atom stereocenters. The molecule has 3 rings (SSSR count). The number of anilines is 1. The SMILES string of the molecule is N#Cc1ccc(CSCC(=O)Nc2cc(-c3ccccc3)ns2)cc1. The van der Waals surface area contributed by atoms with E-state index in [0.29, 0.717) is 11.3 Å². The van der Waals surface area contributed by atoms with Crippen molar-refractivity contribution in [1.82, 2.24) is 4.37 Å². The van der Waals surface area contributed by atoms with Crippen molar-refractivity contribution in [2.75, 3.05) is 11.1 Å². The largest absolute Gasteiger partial charge is 0.316 e. The van der Waals surface area contributed by atoms with Gasteiger partial charge in [0.2, 0.25) is 5.91 Å². The molecule has 2 aromatic carbocycles. The highest BCUT2D eigenvalue weighted by atomic mass is 32.2. The molecular weight excluding hydrogens is 350 g/mol. The van der Waals surface area contributed by atoms with Gasteiger partial charge in [-0.05, 0) is 29.2 Å². The number of aromatic nitrogens is 1. The van der Waals surface area contributed by atoms with Crippen LogP contribution in [0.5, 0.6) is 0 Å². The summed E-state index contributed by atoms with van der Waals surface area (Å²) in [6.07, 6.45) is 0. The zero-order chi connectivity index (χ0) is 17.5. The Bertz CT molecular complexity index is 883. The van der Waals surface area contributed by atoms with Crippen LogP contribution in [0.25, 0.3) is 11.3 Å². The van der Waals surface area contributed by atoms with Crippen LogP contribution in [0.4, 0.5) is 5.00 Å². The Morgan fingerprint density at radius 2 is 1.92 bits per heavy atom. The van der Waals surface area contributed by atoms with Crippen LogP contribution in [-0.2, 0) is 10.5 Å². The van der Waals surface area contributed by atoms with E-state index in [0.717, 1.165) is 27.6 Å². The lowest BCUT2D eigenvalue weighted by Gasteiger charge is -2.03. The molecule has 25 heavy (non-hydrogen) atoms. The molecular formula is C19H15N3OS2. The fraction of sp³-hybridized carbons (Fsp3) is 0.105. The molecule has 0 aliphatic rings. The summed E-state index contributed by atoms with van der Waals surface area (Å²) in [7, 11) is 0. The maximum Gasteiger partial charge on any atom is 0.235 e. The number of nitriles is 1. The Labute approximate surface area is 154 Å². The molecule has 0 saturated heterocycles. The van der Waals surface area contributed by atoms with Gasteiger partial charge in [-0.3, -0.25) is 4.79 Å². The van der Waals surface area contributed by atoms with Gasteiger partial charge in [0.1, 0.15) is 5.00 Å². The van der Waals surface area contributed by atoms with E-state index in [9.17, 15) is 4.79 Å². The molecule has 0 spiro atoms. The monoisotopic (exact) mass is 365 g/mol. The predicted molar refractivity (Wildman–Crippen MR) is 103 cm³/mol. The second-order valence-corrected chi connectivity index (χ2v) is 7.08. The van der Waals surface area contributed by atoms with E-state index in [-0.39, 0.29) is 5.91 Å². The van der Waals surface area contributed by atoms with Gasteiger partial charge in [0, 0.05) is 17.4 Å². The third kappa shape index (κ3) is 4.92. The minimum atomic E-state index is -0.0399. The van der Waals surface area contributed by atoms with Crippen LogP contribution in [0, 0.1) is 11.3 Å². The predicted octanol–water partition coefficient (Wildman–Crippen LogP) is 4.55. The highest BCUT2D eigenvalue weighted by molar-refractivity contribution is 7.99. The minimum absolute atomic E-state index is 0.0399. The lowest BCUT2D eigenvalue weighted by Crippen LogP contribution is -2.13. The average molecular weight is 365 g/mol. The molecule has 124 valence electrons. The van der Waals surface area contributed by atoms with Crippen molar-refractivity contribution < 1.29 is 4.79 Å². The average Bonchev–Trinajstić information content (AvgIpc) is 3.11. The van der Waals surface area contributed by atoms with Crippen LogP contribution in [0.3, 0.4) is 0 Å². The van der Waals surface area contributed by atoms with Crippen LogP contribution in [0.1, 0.15) is 11.1 Å². The van der Waals surface area contributed by atoms with Gasteiger partial charge in [-0.25, -0.2) is 0 Å². The maximum absolute atomic E-state index is 12.1. The summed E-state index contributed by atoms with van der Waals surface area (Å²) in [6.45, 7) is 0. The van der Waals surface area contributed by atoms with E-state index in [4.69, 9.17) is 5.26 Å². The first kappa shape index (κ1) is 17.2. The van der Waals surface area contributed by atoms with Gasteiger partial charge in [0.15, 0.2) is 0 Å². The highest BCUT2D eigenvalue weighted by Gasteiger charge is 2.08. The zero-order valence-corrected chi connectivity index (χ0v) is 14.9. The van der Waals surface area contributed by atoms with E-state index in [2.05, 4.69) is 15.8 Å². The summed E-state index contributed by atoms with van der Waals surface area (Å²) in [5.74, 6) is 1.07. The van der Waals surface area contributed by atoms with Crippen molar-refractivity contribution in [2.24, 2.45) is 0 Å². The number of thioether (sulfide) groups is 1.